The maximum absolute atomic E-state index is 6.12. The molecule has 0 bridgehead atoms. The molecule has 2 N–H and O–H groups in total. The molecule has 1 heterocycles. The molecule has 0 saturated carbocycles. The molecule has 0 amide bonds. The first kappa shape index (κ1) is 22.0. The summed E-state index contributed by atoms with van der Waals surface area (Å²) in [5.74, 6) is 0.849. The van der Waals surface area contributed by atoms with Crippen molar-refractivity contribution in [2.45, 2.75) is 38.6 Å². The van der Waals surface area contributed by atoms with Crippen LogP contribution in [0.25, 0.3) is 0 Å². The number of guanidine groups is 1. The summed E-state index contributed by atoms with van der Waals surface area (Å²) in [6.45, 7) is 7.84. The highest BCUT2D eigenvalue weighted by Gasteiger charge is 2.34. The monoisotopic (exact) mass is 394 g/mol. The van der Waals surface area contributed by atoms with E-state index in [0.29, 0.717) is 0 Å². The number of likely N-dealkylation sites (N-methyl/N-ethyl adjacent to an activating group) is 1. The lowest BCUT2D eigenvalue weighted by molar-refractivity contribution is -0.00502. The van der Waals surface area contributed by atoms with Crippen molar-refractivity contribution in [2.24, 2.45) is 10.4 Å². The van der Waals surface area contributed by atoms with Crippen molar-refractivity contribution in [3.8, 4) is 0 Å². The smallest absolute Gasteiger partial charge is 0.191 e. The van der Waals surface area contributed by atoms with Crippen LogP contribution in [0.5, 0.6) is 0 Å². The van der Waals surface area contributed by atoms with Gasteiger partial charge >= 0.3 is 0 Å². The second kappa shape index (κ2) is 9.76. The van der Waals surface area contributed by atoms with E-state index in [1.807, 2.05) is 25.2 Å². The van der Waals surface area contributed by atoms with Crippen LogP contribution in [0.4, 0.5) is 0 Å². The van der Waals surface area contributed by atoms with Gasteiger partial charge in [0, 0.05) is 43.9 Å². The first-order valence-corrected chi connectivity index (χ1v) is 10.1. The molecule has 0 spiro atoms. The Kier molecular flexibility index (Phi) is 7.95. The summed E-state index contributed by atoms with van der Waals surface area (Å²) >= 11 is 6.12. The molecule has 1 aromatic rings. The molecule has 1 aliphatic rings. The van der Waals surface area contributed by atoms with Gasteiger partial charge in [0.2, 0.25) is 0 Å². The Balaban J connectivity index is 1.88. The quantitative estimate of drug-likeness (QED) is 0.550. The van der Waals surface area contributed by atoms with Crippen LogP contribution in [0.15, 0.2) is 29.3 Å². The lowest BCUT2D eigenvalue weighted by Gasteiger charge is -2.43. The summed E-state index contributed by atoms with van der Waals surface area (Å²) in [4.78, 5) is 6.73. The van der Waals surface area contributed by atoms with Crippen molar-refractivity contribution < 1.29 is 4.74 Å². The number of benzene rings is 1. The zero-order chi connectivity index (χ0) is 19.9. The van der Waals surface area contributed by atoms with E-state index < -0.39 is 0 Å². The molecule has 152 valence electrons. The Labute approximate surface area is 169 Å². The molecule has 1 fully saturated rings. The fourth-order valence-corrected chi connectivity index (χ4v) is 3.80. The van der Waals surface area contributed by atoms with Gasteiger partial charge in [-0.1, -0.05) is 37.6 Å². The SMILES string of the molecule is CN=C(NCC(C)(C)Cc1cccc(Cl)c1)NCC1(N(C)C)CCOCC1. The van der Waals surface area contributed by atoms with E-state index in [2.05, 4.69) is 54.5 Å². The number of halogens is 1. The van der Waals surface area contributed by atoms with E-state index in [1.54, 1.807) is 0 Å². The minimum atomic E-state index is 0.0835. The molecule has 0 atom stereocenters. The van der Waals surface area contributed by atoms with Gasteiger partial charge in [0.15, 0.2) is 5.96 Å². The Morgan fingerprint density at radius 3 is 2.56 bits per heavy atom. The van der Waals surface area contributed by atoms with Crippen molar-refractivity contribution in [3.05, 3.63) is 34.9 Å². The van der Waals surface area contributed by atoms with Crippen molar-refractivity contribution in [1.82, 2.24) is 15.5 Å². The Morgan fingerprint density at radius 1 is 1.26 bits per heavy atom. The highest BCUT2D eigenvalue weighted by molar-refractivity contribution is 6.30. The topological polar surface area (TPSA) is 48.9 Å². The van der Waals surface area contributed by atoms with Crippen LogP contribution in [0, 0.1) is 5.41 Å². The van der Waals surface area contributed by atoms with Crippen LogP contribution in [-0.4, -0.2) is 63.8 Å². The normalized spacial score (nSPS) is 17.8. The van der Waals surface area contributed by atoms with Gasteiger partial charge in [-0.25, -0.2) is 0 Å². The average molecular weight is 395 g/mol. The molecule has 2 rings (SSSR count). The molecule has 0 unspecified atom stereocenters. The highest BCUT2D eigenvalue weighted by atomic mass is 35.5. The fourth-order valence-electron chi connectivity index (χ4n) is 3.59. The van der Waals surface area contributed by atoms with Crippen LogP contribution in [0.2, 0.25) is 5.02 Å². The lowest BCUT2D eigenvalue weighted by Crippen LogP contribution is -2.57. The second-order valence-corrected chi connectivity index (χ2v) is 8.92. The Morgan fingerprint density at radius 2 is 1.96 bits per heavy atom. The van der Waals surface area contributed by atoms with Gasteiger partial charge in [0.1, 0.15) is 0 Å². The molecule has 1 saturated heterocycles. The summed E-state index contributed by atoms with van der Waals surface area (Å²) in [6, 6.07) is 8.10. The molecule has 0 aliphatic carbocycles. The number of nitrogens with one attached hydrogen (secondary N) is 2. The maximum Gasteiger partial charge on any atom is 0.191 e. The van der Waals surface area contributed by atoms with Crippen LogP contribution < -0.4 is 10.6 Å². The zero-order valence-electron chi connectivity index (χ0n) is 17.4. The number of aliphatic imine (C=N–C) groups is 1. The van der Waals surface area contributed by atoms with E-state index in [-0.39, 0.29) is 11.0 Å². The predicted octanol–water partition coefficient (Wildman–Crippen LogP) is 3.18. The van der Waals surface area contributed by atoms with Gasteiger partial charge < -0.3 is 20.3 Å². The molecule has 5 nitrogen and oxygen atoms in total. The van der Waals surface area contributed by atoms with Crippen molar-refractivity contribution in [2.75, 3.05) is 47.4 Å². The third kappa shape index (κ3) is 6.66. The average Bonchev–Trinajstić information content (AvgIpc) is 2.62. The lowest BCUT2D eigenvalue weighted by atomic mass is 9.85. The van der Waals surface area contributed by atoms with Crippen LogP contribution in [0.3, 0.4) is 0 Å². The molecular weight excluding hydrogens is 360 g/mol. The summed E-state index contributed by atoms with van der Waals surface area (Å²) < 4.78 is 5.56. The number of ether oxygens (including phenoxy) is 1. The number of rotatable bonds is 7. The summed E-state index contributed by atoms with van der Waals surface area (Å²) in [7, 11) is 6.13. The van der Waals surface area contributed by atoms with E-state index >= 15 is 0 Å². The van der Waals surface area contributed by atoms with E-state index in [1.165, 1.54) is 5.56 Å². The highest BCUT2D eigenvalue weighted by Crippen LogP contribution is 2.25. The first-order valence-electron chi connectivity index (χ1n) is 9.70. The first-order chi connectivity index (χ1) is 12.8. The molecule has 0 radical (unpaired) electrons. The van der Waals surface area contributed by atoms with Gasteiger partial charge in [-0.3, -0.25) is 4.99 Å². The van der Waals surface area contributed by atoms with Crippen LogP contribution in [-0.2, 0) is 11.2 Å². The van der Waals surface area contributed by atoms with Crippen molar-refractivity contribution in [3.63, 3.8) is 0 Å². The van der Waals surface area contributed by atoms with E-state index in [0.717, 1.165) is 56.5 Å². The molecule has 0 aromatic heterocycles. The maximum atomic E-state index is 6.12. The van der Waals surface area contributed by atoms with Gasteiger partial charge in [0.25, 0.3) is 0 Å². The van der Waals surface area contributed by atoms with Gasteiger partial charge in [-0.05, 0) is 56.5 Å². The summed E-state index contributed by atoms with van der Waals surface area (Å²) in [5.41, 5.74) is 1.46. The Bertz CT molecular complexity index is 624. The van der Waals surface area contributed by atoms with Gasteiger partial charge in [0.05, 0.1) is 0 Å². The number of nitrogens with zero attached hydrogens (tertiary/aromatic N) is 2. The molecule has 27 heavy (non-hydrogen) atoms. The van der Waals surface area contributed by atoms with E-state index in [4.69, 9.17) is 16.3 Å². The minimum Gasteiger partial charge on any atom is -0.381 e. The fraction of sp³-hybridized carbons (Fsp3) is 0.667. The molecule has 1 aliphatic heterocycles. The van der Waals surface area contributed by atoms with Crippen molar-refractivity contribution in [1.29, 1.82) is 0 Å². The molecule has 1 aromatic carbocycles. The minimum absolute atomic E-state index is 0.0835. The van der Waals surface area contributed by atoms with Gasteiger partial charge in [-0.15, -0.1) is 0 Å². The van der Waals surface area contributed by atoms with Crippen LogP contribution >= 0.6 is 11.6 Å². The van der Waals surface area contributed by atoms with Crippen molar-refractivity contribution >= 4 is 17.6 Å². The van der Waals surface area contributed by atoms with Crippen LogP contribution in [0.1, 0.15) is 32.3 Å². The van der Waals surface area contributed by atoms with Gasteiger partial charge in [-0.2, -0.15) is 0 Å². The Hall–Kier alpha value is -1.30. The molecule has 6 heteroatoms. The third-order valence-electron chi connectivity index (χ3n) is 5.49. The third-order valence-corrected chi connectivity index (χ3v) is 5.72. The second-order valence-electron chi connectivity index (χ2n) is 8.48. The summed E-state index contributed by atoms with van der Waals surface area (Å²) in [6.07, 6.45) is 3.02. The predicted molar refractivity (Wildman–Crippen MR) is 115 cm³/mol. The standard InChI is InChI=1S/C21H35ClN4O/c1-20(2,14-17-7-6-8-18(22)13-17)15-24-19(23-3)25-16-21(26(4)5)9-11-27-12-10-21/h6-8,13H,9-12,14-16H2,1-5H3,(H2,23,24,25). The number of hydrogen-bond donors (Lipinski definition) is 2. The zero-order valence-corrected chi connectivity index (χ0v) is 18.2. The molecular formula is C21H35ClN4O. The summed E-state index contributed by atoms with van der Waals surface area (Å²) in [5, 5.41) is 7.81. The largest absolute Gasteiger partial charge is 0.381 e. The van der Waals surface area contributed by atoms with E-state index in [9.17, 15) is 0 Å². The number of hydrogen-bond acceptors (Lipinski definition) is 3.